The number of carbonyl (C=O) groups excluding carboxylic acids is 1. The summed E-state index contributed by atoms with van der Waals surface area (Å²) < 4.78 is 14.0. The largest absolute Gasteiger partial charge is 0.370 e. The highest BCUT2D eigenvalue weighted by atomic mass is 35.5. The number of carbonyl (C=O) groups is 1. The van der Waals surface area contributed by atoms with Crippen LogP contribution in [0.25, 0.3) is 0 Å². The van der Waals surface area contributed by atoms with E-state index < -0.39 is 6.04 Å². The number of amides is 2. The molecule has 0 saturated carbocycles. The standard InChI is InChI=1S/C21H25ClFN3O/c1-15(17-8-4-5-9-19(17)23)25(2)21(27)24-16-10-11-20(18(22)14-16)26-12-6-3-7-13-26/h4-5,8-11,14-15H,3,6-7,12-13H2,1-2H3,(H,24,27). The molecule has 1 aliphatic heterocycles. The van der Waals surface area contributed by atoms with Gasteiger partial charge in [-0.05, 0) is 50.5 Å². The van der Waals surface area contributed by atoms with Crippen LogP contribution >= 0.6 is 11.6 Å². The van der Waals surface area contributed by atoms with E-state index in [9.17, 15) is 9.18 Å². The lowest BCUT2D eigenvalue weighted by molar-refractivity contribution is 0.207. The van der Waals surface area contributed by atoms with Gasteiger partial charge in [-0.25, -0.2) is 9.18 Å². The molecule has 1 unspecified atom stereocenters. The van der Waals surface area contributed by atoms with Crippen LogP contribution in [0, 0.1) is 5.82 Å². The van der Waals surface area contributed by atoms with Gasteiger partial charge in [-0.2, -0.15) is 0 Å². The fraction of sp³-hybridized carbons (Fsp3) is 0.381. The van der Waals surface area contributed by atoms with Gasteiger partial charge in [0.2, 0.25) is 0 Å². The van der Waals surface area contributed by atoms with Crippen LogP contribution in [0.4, 0.5) is 20.6 Å². The van der Waals surface area contributed by atoms with Crippen molar-refractivity contribution in [2.45, 2.75) is 32.2 Å². The van der Waals surface area contributed by atoms with Gasteiger partial charge in [-0.3, -0.25) is 0 Å². The highest BCUT2D eigenvalue weighted by Gasteiger charge is 2.20. The molecule has 2 aromatic rings. The minimum atomic E-state index is -0.394. The summed E-state index contributed by atoms with van der Waals surface area (Å²) in [6.45, 7) is 3.81. The molecule has 144 valence electrons. The molecule has 1 N–H and O–H groups in total. The number of halogens is 2. The molecule has 27 heavy (non-hydrogen) atoms. The number of hydrogen-bond acceptors (Lipinski definition) is 2. The molecule has 1 saturated heterocycles. The second kappa shape index (κ2) is 8.61. The fourth-order valence-electron chi connectivity index (χ4n) is 3.39. The highest BCUT2D eigenvalue weighted by molar-refractivity contribution is 6.33. The van der Waals surface area contributed by atoms with E-state index in [4.69, 9.17) is 11.6 Å². The van der Waals surface area contributed by atoms with Crippen LogP contribution in [-0.4, -0.2) is 31.1 Å². The first kappa shape index (κ1) is 19.5. The number of hydrogen-bond donors (Lipinski definition) is 1. The first-order valence-electron chi connectivity index (χ1n) is 9.30. The summed E-state index contributed by atoms with van der Waals surface area (Å²) in [4.78, 5) is 16.3. The first-order valence-corrected chi connectivity index (χ1v) is 9.68. The molecule has 4 nitrogen and oxygen atoms in total. The quantitative estimate of drug-likeness (QED) is 0.728. The predicted molar refractivity (Wildman–Crippen MR) is 109 cm³/mol. The summed E-state index contributed by atoms with van der Waals surface area (Å²) in [6.07, 6.45) is 3.61. The Hall–Kier alpha value is -2.27. The van der Waals surface area contributed by atoms with Crippen LogP contribution < -0.4 is 10.2 Å². The SMILES string of the molecule is CC(c1ccccc1F)N(C)C(=O)Nc1ccc(N2CCCCC2)c(Cl)c1. The number of urea groups is 1. The summed E-state index contributed by atoms with van der Waals surface area (Å²) >= 11 is 6.45. The van der Waals surface area contributed by atoms with Crippen molar-refractivity contribution < 1.29 is 9.18 Å². The monoisotopic (exact) mass is 389 g/mol. The topological polar surface area (TPSA) is 35.6 Å². The molecule has 0 bridgehead atoms. The molecule has 1 aliphatic rings. The number of nitrogens with zero attached hydrogens (tertiary/aromatic N) is 2. The minimum absolute atomic E-state index is 0.312. The molecular weight excluding hydrogens is 365 g/mol. The van der Waals surface area contributed by atoms with Crippen molar-refractivity contribution >= 4 is 29.0 Å². The number of anilines is 2. The number of rotatable bonds is 4. The molecule has 1 heterocycles. The van der Waals surface area contributed by atoms with E-state index in [-0.39, 0.29) is 11.8 Å². The molecule has 6 heteroatoms. The van der Waals surface area contributed by atoms with Crippen molar-refractivity contribution in [1.82, 2.24) is 4.90 Å². The maximum Gasteiger partial charge on any atom is 0.322 e. The van der Waals surface area contributed by atoms with Gasteiger partial charge < -0.3 is 15.1 Å². The molecule has 0 aromatic heterocycles. The van der Waals surface area contributed by atoms with E-state index in [1.165, 1.54) is 30.2 Å². The van der Waals surface area contributed by atoms with Crippen LogP contribution in [0.15, 0.2) is 42.5 Å². The highest BCUT2D eigenvalue weighted by Crippen LogP contribution is 2.31. The van der Waals surface area contributed by atoms with Gasteiger partial charge in [0.25, 0.3) is 0 Å². The third kappa shape index (κ3) is 4.53. The van der Waals surface area contributed by atoms with E-state index in [2.05, 4.69) is 10.2 Å². The van der Waals surface area contributed by atoms with E-state index in [0.717, 1.165) is 18.8 Å². The molecule has 3 rings (SSSR count). The maximum absolute atomic E-state index is 14.0. The molecule has 0 radical (unpaired) electrons. The van der Waals surface area contributed by atoms with E-state index in [0.29, 0.717) is 16.3 Å². The molecule has 2 amide bonds. The molecular formula is C21H25ClFN3O. The van der Waals surface area contributed by atoms with Gasteiger partial charge in [0.15, 0.2) is 0 Å². The van der Waals surface area contributed by atoms with Crippen molar-refractivity contribution in [2.24, 2.45) is 0 Å². The Morgan fingerprint density at radius 2 is 1.89 bits per heavy atom. The third-order valence-electron chi connectivity index (χ3n) is 5.15. The molecule has 1 atom stereocenters. The Morgan fingerprint density at radius 3 is 2.56 bits per heavy atom. The zero-order valence-corrected chi connectivity index (χ0v) is 16.5. The van der Waals surface area contributed by atoms with Crippen LogP contribution in [0.3, 0.4) is 0 Å². The third-order valence-corrected chi connectivity index (χ3v) is 5.46. The normalized spacial score (nSPS) is 15.3. The number of piperidine rings is 1. The predicted octanol–water partition coefficient (Wildman–Crippen LogP) is 5.69. The van der Waals surface area contributed by atoms with E-state index in [1.54, 1.807) is 38.2 Å². The lowest BCUT2D eigenvalue weighted by atomic mass is 10.1. The Bertz CT molecular complexity index is 808. The minimum Gasteiger partial charge on any atom is -0.370 e. The summed E-state index contributed by atoms with van der Waals surface area (Å²) in [7, 11) is 1.65. The molecule has 2 aromatic carbocycles. The van der Waals surface area contributed by atoms with Crippen LogP contribution in [-0.2, 0) is 0 Å². The average Bonchev–Trinajstić information content (AvgIpc) is 2.68. The lowest BCUT2D eigenvalue weighted by Crippen LogP contribution is -2.34. The van der Waals surface area contributed by atoms with Crippen molar-refractivity contribution in [3.63, 3.8) is 0 Å². The fourth-order valence-corrected chi connectivity index (χ4v) is 3.69. The van der Waals surface area contributed by atoms with Crippen molar-refractivity contribution in [3.8, 4) is 0 Å². The smallest absolute Gasteiger partial charge is 0.322 e. The van der Waals surface area contributed by atoms with Gasteiger partial charge in [0.1, 0.15) is 5.82 Å². The zero-order valence-electron chi connectivity index (χ0n) is 15.7. The van der Waals surface area contributed by atoms with E-state index in [1.807, 2.05) is 12.1 Å². The van der Waals surface area contributed by atoms with E-state index >= 15 is 0 Å². The van der Waals surface area contributed by atoms with Crippen LogP contribution in [0.2, 0.25) is 5.02 Å². The Kier molecular flexibility index (Phi) is 6.22. The van der Waals surface area contributed by atoms with Gasteiger partial charge >= 0.3 is 6.03 Å². The molecule has 0 spiro atoms. The summed E-state index contributed by atoms with van der Waals surface area (Å²) in [6, 6.07) is 11.4. The summed E-state index contributed by atoms with van der Waals surface area (Å²) in [5, 5.41) is 3.47. The summed E-state index contributed by atoms with van der Waals surface area (Å²) in [5.74, 6) is -0.321. The molecule has 1 fully saturated rings. The Balaban J connectivity index is 1.68. The van der Waals surface area contributed by atoms with Gasteiger partial charge in [-0.15, -0.1) is 0 Å². The Labute approximate surface area is 164 Å². The first-order chi connectivity index (χ1) is 13.0. The second-order valence-corrected chi connectivity index (χ2v) is 7.36. The zero-order chi connectivity index (χ0) is 19.4. The van der Waals surface area contributed by atoms with Crippen molar-refractivity contribution in [3.05, 3.63) is 58.9 Å². The Morgan fingerprint density at radius 1 is 1.19 bits per heavy atom. The second-order valence-electron chi connectivity index (χ2n) is 6.95. The van der Waals surface area contributed by atoms with Gasteiger partial charge in [-0.1, -0.05) is 29.8 Å². The van der Waals surface area contributed by atoms with Gasteiger partial charge in [0.05, 0.1) is 16.8 Å². The van der Waals surface area contributed by atoms with Crippen molar-refractivity contribution in [2.75, 3.05) is 30.4 Å². The molecule has 0 aliphatic carbocycles. The average molecular weight is 390 g/mol. The van der Waals surface area contributed by atoms with Gasteiger partial charge in [0, 0.05) is 31.4 Å². The summed E-state index contributed by atoms with van der Waals surface area (Å²) in [5.41, 5.74) is 2.11. The lowest BCUT2D eigenvalue weighted by Gasteiger charge is -2.30. The van der Waals surface area contributed by atoms with Crippen LogP contribution in [0.1, 0.15) is 37.8 Å². The van der Waals surface area contributed by atoms with Crippen LogP contribution in [0.5, 0.6) is 0 Å². The van der Waals surface area contributed by atoms with Crippen molar-refractivity contribution in [1.29, 1.82) is 0 Å². The maximum atomic E-state index is 14.0. The number of nitrogens with one attached hydrogen (secondary N) is 1. The number of benzene rings is 2.